The number of amides is 1. The van der Waals surface area contributed by atoms with Crippen LogP contribution in [0.3, 0.4) is 0 Å². The highest BCUT2D eigenvalue weighted by Crippen LogP contribution is 2.15. The van der Waals surface area contributed by atoms with Gasteiger partial charge in [-0.2, -0.15) is 0 Å². The molecule has 3 N–H and O–H groups in total. The summed E-state index contributed by atoms with van der Waals surface area (Å²) in [4.78, 5) is 11.7. The number of anilines is 1. The summed E-state index contributed by atoms with van der Waals surface area (Å²) in [5.74, 6) is -2.08. The van der Waals surface area contributed by atoms with E-state index in [9.17, 15) is 13.6 Å². The molecule has 0 aliphatic heterocycles. The molecular weight excluding hydrogens is 226 g/mol. The third-order valence-electron chi connectivity index (χ3n) is 2.42. The highest BCUT2D eigenvalue weighted by molar-refractivity contribution is 5.92. The largest absolute Gasteiger partial charge is 0.330 e. The molecule has 5 heteroatoms. The van der Waals surface area contributed by atoms with Crippen LogP contribution < -0.4 is 11.1 Å². The maximum absolute atomic E-state index is 12.9. The van der Waals surface area contributed by atoms with Crippen LogP contribution in [-0.2, 0) is 4.79 Å². The molecule has 0 aromatic heterocycles. The van der Waals surface area contributed by atoms with Crippen molar-refractivity contribution in [3.63, 3.8) is 0 Å². The lowest BCUT2D eigenvalue weighted by atomic mass is 10.0. The van der Waals surface area contributed by atoms with Gasteiger partial charge in [0.1, 0.15) is 11.6 Å². The highest BCUT2D eigenvalue weighted by atomic mass is 19.1. The summed E-state index contributed by atoms with van der Waals surface area (Å²) >= 11 is 0. The van der Waals surface area contributed by atoms with Crippen LogP contribution in [0.4, 0.5) is 14.5 Å². The van der Waals surface area contributed by atoms with Crippen molar-refractivity contribution in [2.45, 2.75) is 19.8 Å². The number of hydrogen-bond acceptors (Lipinski definition) is 2. The molecule has 1 amide bonds. The van der Waals surface area contributed by atoms with Crippen molar-refractivity contribution in [2.24, 2.45) is 11.7 Å². The molecule has 0 bridgehead atoms. The molecule has 3 nitrogen and oxygen atoms in total. The van der Waals surface area contributed by atoms with E-state index in [0.717, 1.165) is 24.6 Å². The lowest BCUT2D eigenvalue weighted by Gasteiger charge is -2.13. The molecule has 0 aliphatic rings. The lowest BCUT2D eigenvalue weighted by molar-refractivity contribution is -0.119. The van der Waals surface area contributed by atoms with Crippen LogP contribution >= 0.6 is 0 Å². The first kappa shape index (κ1) is 13.6. The van der Waals surface area contributed by atoms with Gasteiger partial charge in [-0.25, -0.2) is 8.78 Å². The van der Waals surface area contributed by atoms with Gasteiger partial charge in [-0.3, -0.25) is 4.79 Å². The third kappa shape index (κ3) is 4.11. The van der Waals surface area contributed by atoms with Gasteiger partial charge < -0.3 is 11.1 Å². The van der Waals surface area contributed by atoms with Crippen LogP contribution in [0.5, 0.6) is 0 Å². The molecule has 0 radical (unpaired) electrons. The Morgan fingerprint density at radius 2 is 1.94 bits per heavy atom. The van der Waals surface area contributed by atoms with Gasteiger partial charge in [-0.1, -0.05) is 13.3 Å². The van der Waals surface area contributed by atoms with Gasteiger partial charge in [-0.15, -0.1) is 0 Å². The van der Waals surface area contributed by atoms with Gasteiger partial charge in [0.15, 0.2) is 0 Å². The van der Waals surface area contributed by atoms with E-state index in [2.05, 4.69) is 5.32 Å². The summed E-state index contributed by atoms with van der Waals surface area (Å²) in [6.45, 7) is 2.16. The first-order valence-corrected chi connectivity index (χ1v) is 5.53. The molecular formula is C12H16F2N2O. The van der Waals surface area contributed by atoms with Gasteiger partial charge in [0.05, 0.1) is 5.92 Å². The molecule has 0 heterocycles. The van der Waals surface area contributed by atoms with Crippen LogP contribution in [0.1, 0.15) is 19.8 Å². The first-order chi connectivity index (χ1) is 8.06. The van der Waals surface area contributed by atoms with Crippen molar-refractivity contribution < 1.29 is 13.6 Å². The van der Waals surface area contributed by atoms with E-state index in [4.69, 9.17) is 5.73 Å². The van der Waals surface area contributed by atoms with Crippen molar-refractivity contribution in [2.75, 3.05) is 11.9 Å². The Kier molecular flexibility index (Phi) is 5.03. The normalized spacial score (nSPS) is 12.2. The summed E-state index contributed by atoms with van der Waals surface area (Å²) in [7, 11) is 0. The zero-order valence-corrected chi connectivity index (χ0v) is 9.67. The van der Waals surface area contributed by atoms with E-state index in [1.165, 1.54) is 0 Å². The van der Waals surface area contributed by atoms with Crippen LogP contribution in [0.15, 0.2) is 18.2 Å². The molecule has 0 saturated heterocycles. The maximum Gasteiger partial charge on any atom is 0.228 e. The van der Waals surface area contributed by atoms with Crippen molar-refractivity contribution in [1.82, 2.24) is 0 Å². The molecule has 94 valence electrons. The van der Waals surface area contributed by atoms with Gasteiger partial charge in [0.2, 0.25) is 5.91 Å². The topological polar surface area (TPSA) is 55.1 Å². The van der Waals surface area contributed by atoms with Crippen molar-refractivity contribution in [3.8, 4) is 0 Å². The number of hydrogen-bond donors (Lipinski definition) is 2. The molecule has 1 aromatic rings. The minimum absolute atomic E-state index is 0.113. The smallest absolute Gasteiger partial charge is 0.228 e. The van der Waals surface area contributed by atoms with Crippen molar-refractivity contribution in [1.29, 1.82) is 0 Å². The fourth-order valence-electron chi connectivity index (χ4n) is 1.57. The second-order valence-electron chi connectivity index (χ2n) is 3.87. The summed E-state index contributed by atoms with van der Waals surface area (Å²) < 4.78 is 25.8. The minimum atomic E-state index is -0.722. The first-order valence-electron chi connectivity index (χ1n) is 5.53. The molecule has 1 unspecified atom stereocenters. The quantitative estimate of drug-likeness (QED) is 0.832. The minimum Gasteiger partial charge on any atom is -0.330 e. The van der Waals surface area contributed by atoms with Gasteiger partial charge in [-0.05, 0) is 18.6 Å². The monoisotopic (exact) mass is 242 g/mol. The Balaban J connectivity index is 2.72. The fraction of sp³-hybridized carbons (Fsp3) is 0.417. The van der Waals surface area contributed by atoms with E-state index < -0.39 is 11.6 Å². The van der Waals surface area contributed by atoms with Crippen LogP contribution in [0.2, 0.25) is 0 Å². The number of rotatable bonds is 5. The van der Waals surface area contributed by atoms with Crippen molar-refractivity contribution >= 4 is 11.6 Å². The molecule has 1 atom stereocenters. The Hall–Kier alpha value is -1.49. The highest BCUT2D eigenvalue weighted by Gasteiger charge is 2.16. The predicted molar refractivity (Wildman–Crippen MR) is 62.4 cm³/mol. The molecule has 0 aliphatic carbocycles. The summed E-state index contributed by atoms with van der Waals surface area (Å²) in [5.41, 5.74) is 5.58. The standard InChI is InChI=1S/C12H16F2N2O/c1-2-3-8(7-15)12(17)16-11-5-9(13)4-10(14)6-11/h4-6,8H,2-3,7,15H2,1H3,(H,16,17). The lowest BCUT2D eigenvalue weighted by Crippen LogP contribution is -2.29. The zero-order valence-electron chi connectivity index (χ0n) is 9.67. The predicted octanol–water partition coefficient (Wildman–Crippen LogP) is 2.28. The summed E-state index contributed by atoms with van der Waals surface area (Å²) in [5, 5.41) is 2.46. The molecule has 1 rings (SSSR count). The van der Waals surface area contributed by atoms with E-state index in [-0.39, 0.29) is 24.1 Å². The fourth-order valence-corrected chi connectivity index (χ4v) is 1.57. The number of carbonyl (C=O) groups is 1. The maximum atomic E-state index is 12.9. The second kappa shape index (κ2) is 6.30. The average Bonchev–Trinajstić information content (AvgIpc) is 2.24. The van der Waals surface area contributed by atoms with Gasteiger partial charge in [0.25, 0.3) is 0 Å². The SMILES string of the molecule is CCCC(CN)C(=O)Nc1cc(F)cc(F)c1. The van der Waals surface area contributed by atoms with E-state index in [1.807, 2.05) is 6.92 Å². The second-order valence-corrected chi connectivity index (χ2v) is 3.87. The van der Waals surface area contributed by atoms with Crippen molar-refractivity contribution in [3.05, 3.63) is 29.8 Å². The van der Waals surface area contributed by atoms with Crippen LogP contribution in [0, 0.1) is 17.6 Å². The Bertz CT molecular complexity index is 376. The van der Waals surface area contributed by atoms with Gasteiger partial charge >= 0.3 is 0 Å². The molecule has 1 aromatic carbocycles. The summed E-state index contributed by atoms with van der Waals surface area (Å²) in [6.07, 6.45) is 1.48. The summed E-state index contributed by atoms with van der Waals surface area (Å²) in [6, 6.07) is 2.89. The molecule has 0 fully saturated rings. The Morgan fingerprint density at radius 1 is 1.35 bits per heavy atom. The van der Waals surface area contributed by atoms with E-state index >= 15 is 0 Å². The van der Waals surface area contributed by atoms with Crippen LogP contribution in [-0.4, -0.2) is 12.5 Å². The van der Waals surface area contributed by atoms with Crippen LogP contribution in [0.25, 0.3) is 0 Å². The van der Waals surface area contributed by atoms with Gasteiger partial charge in [0, 0.05) is 18.3 Å². The number of carbonyl (C=O) groups excluding carboxylic acids is 1. The molecule has 0 saturated carbocycles. The number of halogens is 2. The Morgan fingerprint density at radius 3 is 2.41 bits per heavy atom. The molecule has 17 heavy (non-hydrogen) atoms. The van der Waals surface area contributed by atoms with E-state index in [1.54, 1.807) is 0 Å². The molecule has 0 spiro atoms. The average molecular weight is 242 g/mol. The third-order valence-corrected chi connectivity index (χ3v) is 2.42. The number of nitrogens with two attached hydrogens (primary N) is 1. The number of nitrogens with one attached hydrogen (secondary N) is 1. The zero-order chi connectivity index (χ0) is 12.8. The Labute approximate surface area is 99.0 Å². The van der Waals surface area contributed by atoms with E-state index in [0.29, 0.717) is 6.42 Å². The number of benzene rings is 1.